The van der Waals surface area contributed by atoms with E-state index in [0.29, 0.717) is 0 Å². The average molecular weight is 288 g/mol. The fraction of sp³-hybridized carbons (Fsp3) is 0. The Hall–Kier alpha value is 0.109. The Kier molecular flexibility index (Phi) is 351. The van der Waals surface area contributed by atoms with Crippen molar-refractivity contribution in [3.63, 3.8) is 0 Å². The van der Waals surface area contributed by atoms with Gasteiger partial charge in [0.25, 0.3) is 0 Å². The summed E-state index contributed by atoms with van der Waals surface area (Å²) in [7, 11) is -4.67. The Balaban J connectivity index is -0.00000000286. The van der Waals surface area contributed by atoms with Crippen LogP contribution in [-0.2, 0) is 27.5 Å². The maximum atomic E-state index is 8.74. The summed E-state index contributed by atoms with van der Waals surface area (Å²) in [4.78, 5) is 0. The number of hydrogen-bond acceptors (Lipinski definition) is 2. The summed E-state index contributed by atoms with van der Waals surface area (Å²) in [5.74, 6) is 0. The molecule has 0 aromatic heterocycles. The van der Waals surface area contributed by atoms with Crippen LogP contribution in [0.1, 0.15) is 0 Å². The van der Waals surface area contributed by atoms with Gasteiger partial charge >= 0.3 is 27.5 Å². The Morgan fingerprint density at radius 3 is 0.615 bits per heavy atom. The predicted molar refractivity (Wildman–Crippen MR) is 39.5 cm³/mol. The third-order valence-electron chi connectivity index (χ3n) is 0. The first-order valence-corrected chi connectivity index (χ1v) is 2.10. The second-order valence-electron chi connectivity index (χ2n) is 0.448. The molecule has 0 heterocycles. The van der Waals surface area contributed by atoms with Crippen molar-refractivity contribution >= 4 is 10.4 Å². The largest absolute Gasteiger partial charge is 2.00 e. The van der Waals surface area contributed by atoms with Gasteiger partial charge in [0.05, 0.1) is 0 Å². The molecule has 0 aliphatic carbocycles. The SMILES string of the molecule is O.O.O.O.O.O.O.O=S(=O)(O)O.[Cu+2]. The van der Waals surface area contributed by atoms with Crippen LogP contribution in [-0.4, -0.2) is 55.9 Å². The van der Waals surface area contributed by atoms with E-state index >= 15 is 0 Å². The van der Waals surface area contributed by atoms with Gasteiger partial charge in [0.1, 0.15) is 0 Å². The number of hydrogen-bond donors (Lipinski definition) is 2. The van der Waals surface area contributed by atoms with Crippen LogP contribution in [0, 0.1) is 0 Å². The first-order valence-electron chi connectivity index (χ1n) is 0.698. The van der Waals surface area contributed by atoms with Crippen molar-refractivity contribution in [3.05, 3.63) is 0 Å². The van der Waals surface area contributed by atoms with Crippen LogP contribution in [0.3, 0.4) is 0 Å². The average Bonchev–Trinajstić information content (AvgIpc) is 0.722. The zero-order chi connectivity index (χ0) is 4.50. The van der Waals surface area contributed by atoms with Gasteiger partial charge in [-0.2, -0.15) is 8.42 Å². The molecule has 0 fully saturated rings. The summed E-state index contributed by atoms with van der Waals surface area (Å²) in [6.45, 7) is 0. The van der Waals surface area contributed by atoms with Gasteiger partial charge in [0.2, 0.25) is 0 Å². The molecule has 0 saturated carbocycles. The van der Waals surface area contributed by atoms with E-state index in [1.54, 1.807) is 0 Å². The third-order valence-corrected chi connectivity index (χ3v) is 0. The van der Waals surface area contributed by atoms with Crippen molar-refractivity contribution in [3.8, 4) is 0 Å². The molecular weight excluding hydrogens is 272 g/mol. The Morgan fingerprint density at radius 1 is 0.615 bits per heavy atom. The minimum atomic E-state index is -4.67. The smallest absolute Gasteiger partial charge is 0.412 e. The standard InChI is InChI=1S/Cu.H2O4S.7H2O/c;1-5(2,3)4;;;;;;;/h;(H2,1,2,3,4);7*1H2/q+2;;;;;;;;. The quantitative estimate of drug-likeness (QED) is 0.324. The minimum Gasteiger partial charge on any atom is -0.412 e. The van der Waals surface area contributed by atoms with Gasteiger partial charge < -0.3 is 38.3 Å². The molecule has 0 spiro atoms. The summed E-state index contributed by atoms with van der Waals surface area (Å²) in [5.41, 5.74) is 0. The fourth-order valence-corrected chi connectivity index (χ4v) is 0. The van der Waals surface area contributed by atoms with E-state index in [1.807, 2.05) is 0 Å². The van der Waals surface area contributed by atoms with Crippen LogP contribution >= 0.6 is 0 Å². The second-order valence-corrected chi connectivity index (χ2v) is 1.34. The van der Waals surface area contributed by atoms with Gasteiger partial charge in [-0.1, -0.05) is 0 Å². The van der Waals surface area contributed by atoms with Crippen LogP contribution in [0.4, 0.5) is 0 Å². The van der Waals surface area contributed by atoms with Gasteiger partial charge in [0.15, 0.2) is 0 Å². The van der Waals surface area contributed by atoms with Gasteiger partial charge in [0, 0.05) is 0 Å². The molecule has 0 aromatic carbocycles. The molecule has 0 atom stereocenters. The molecule has 13 heavy (non-hydrogen) atoms. The van der Waals surface area contributed by atoms with Gasteiger partial charge in [-0.05, 0) is 0 Å². The topological polar surface area (TPSA) is 295 Å². The predicted octanol–water partition coefficient (Wildman–Crippen LogP) is -6.43. The van der Waals surface area contributed by atoms with Crippen LogP contribution < -0.4 is 0 Å². The Bertz CT molecular complexity index is 93.3. The molecule has 11 nitrogen and oxygen atoms in total. The zero-order valence-corrected chi connectivity index (χ0v) is 7.68. The van der Waals surface area contributed by atoms with Crippen molar-refractivity contribution in [1.82, 2.24) is 0 Å². The first kappa shape index (κ1) is 114. The van der Waals surface area contributed by atoms with Crippen LogP contribution in [0.25, 0.3) is 0 Å². The number of rotatable bonds is 0. The summed E-state index contributed by atoms with van der Waals surface area (Å²) in [6, 6.07) is 0. The molecule has 0 aliphatic rings. The van der Waals surface area contributed by atoms with Gasteiger partial charge in [-0.15, -0.1) is 0 Å². The van der Waals surface area contributed by atoms with Crippen molar-refractivity contribution in [1.29, 1.82) is 0 Å². The maximum absolute atomic E-state index is 8.74. The van der Waals surface area contributed by atoms with E-state index in [2.05, 4.69) is 0 Å². The van der Waals surface area contributed by atoms with Crippen molar-refractivity contribution < 1.29 is 72.9 Å². The summed E-state index contributed by atoms with van der Waals surface area (Å²) in [5, 5.41) is 0. The summed E-state index contributed by atoms with van der Waals surface area (Å²) < 4.78 is 31.6. The molecule has 97 valence electrons. The molecule has 0 aromatic rings. The van der Waals surface area contributed by atoms with E-state index in [9.17, 15) is 0 Å². The molecule has 13 heteroatoms. The van der Waals surface area contributed by atoms with Gasteiger partial charge in [-0.3, -0.25) is 9.11 Å². The van der Waals surface area contributed by atoms with Crippen LogP contribution in [0.5, 0.6) is 0 Å². The van der Waals surface area contributed by atoms with E-state index in [1.165, 1.54) is 0 Å². The molecule has 1 radical (unpaired) electrons. The van der Waals surface area contributed by atoms with Crippen LogP contribution in [0.2, 0.25) is 0 Å². The zero-order valence-electron chi connectivity index (χ0n) is 5.92. The summed E-state index contributed by atoms with van der Waals surface area (Å²) in [6.07, 6.45) is 0. The van der Waals surface area contributed by atoms with Crippen molar-refractivity contribution in [2.45, 2.75) is 0 Å². The molecular formula is H16CuO11S+2. The van der Waals surface area contributed by atoms with Crippen molar-refractivity contribution in [2.75, 3.05) is 0 Å². The molecule has 0 rings (SSSR count). The first-order chi connectivity index (χ1) is 2.00. The summed E-state index contributed by atoms with van der Waals surface area (Å²) >= 11 is 0. The minimum absolute atomic E-state index is 0. The molecule has 0 unspecified atom stereocenters. The Morgan fingerprint density at radius 2 is 0.615 bits per heavy atom. The molecule has 16 N–H and O–H groups in total. The monoisotopic (exact) mass is 287 g/mol. The molecule has 0 saturated heterocycles. The second kappa shape index (κ2) is 40.0. The third kappa shape index (κ3) is 103000. The Labute approximate surface area is 84.0 Å². The van der Waals surface area contributed by atoms with Gasteiger partial charge in [-0.25, -0.2) is 0 Å². The molecule has 0 bridgehead atoms. The van der Waals surface area contributed by atoms with E-state index in [-0.39, 0.29) is 55.4 Å². The molecule has 0 aliphatic heterocycles. The molecule has 0 amide bonds. The van der Waals surface area contributed by atoms with E-state index in [0.717, 1.165) is 0 Å². The van der Waals surface area contributed by atoms with E-state index in [4.69, 9.17) is 17.5 Å². The maximum Gasteiger partial charge on any atom is 2.00 e. The fourth-order valence-electron chi connectivity index (χ4n) is 0. The van der Waals surface area contributed by atoms with Crippen LogP contribution in [0.15, 0.2) is 0 Å². The normalized spacial score (nSPS) is 4.46. The van der Waals surface area contributed by atoms with Crippen molar-refractivity contribution in [2.24, 2.45) is 0 Å². The van der Waals surface area contributed by atoms with E-state index < -0.39 is 10.4 Å².